The summed E-state index contributed by atoms with van der Waals surface area (Å²) >= 11 is 0. The number of nitrogen functional groups attached to an aromatic ring is 1. The molecule has 19 heavy (non-hydrogen) atoms. The molecule has 1 heterocycles. The van der Waals surface area contributed by atoms with Crippen LogP contribution in [0.2, 0.25) is 0 Å². The van der Waals surface area contributed by atoms with E-state index in [0.29, 0.717) is 12.3 Å². The average molecular weight is 257 g/mol. The number of nitrogens with zero attached hydrogens (tertiary/aromatic N) is 1. The van der Waals surface area contributed by atoms with Gasteiger partial charge in [-0.05, 0) is 31.2 Å². The normalized spacial score (nSPS) is 10.2. The molecular formula is C15H19N3O. The molecule has 3 N–H and O–H groups in total. The Balaban J connectivity index is 1.94. The molecule has 0 saturated carbocycles. The van der Waals surface area contributed by atoms with Crippen molar-refractivity contribution in [2.45, 2.75) is 13.3 Å². The van der Waals surface area contributed by atoms with Gasteiger partial charge in [0.15, 0.2) is 0 Å². The summed E-state index contributed by atoms with van der Waals surface area (Å²) in [5, 5.41) is 3.32. The summed E-state index contributed by atoms with van der Waals surface area (Å²) < 4.78 is 5.46. The molecule has 0 amide bonds. The first-order chi connectivity index (χ1) is 9.31. The number of para-hydroxylation sites is 1. The van der Waals surface area contributed by atoms with Crippen LogP contribution >= 0.6 is 0 Å². The third-order valence-electron chi connectivity index (χ3n) is 2.79. The number of nitrogens with two attached hydrogens (primary N) is 1. The van der Waals surface area contributed by atoms with Gasteiger partial charge in [-0.1, -0.05) is 12.1 Å². The van der Waals surface area contributed by atoms with Crippen LogP contribution in [0.25, 0.3) is 0 Å². The monoisotopic (exact) mass is 257 g/mol. The van der Waals surface area contributed by atoms with E-state index in [-0.39, 0.29) is 0 Å². The molecule has 0 saturated heterocycles. The minimum atomic E-state index is 0.613. The molecule has 0 aliphatic heterocycles. The molecule has 0 bridgehead atoms. The van der Waals surface area contributed by atoms with Gasteiger partial charge in [-0.15, -0.1) is 0 Å². The first-order valence-corrected chi connectivity index (χ1v) is 6.46. The summed E-state index contributed by atoms with van der Waals surface area (Å²) in [6.07, 6.45) is 2.67. The van der Waals surface area contributed by atoms with E-state index in [4.69, 9.17) is 10.5 Å². The lowest BCUT2D eigenvalue weighted by Gasteiger charge is -2.12. The van der Waals surface area contributed by atoms with Gasteiger partial charge < -0.3 is 15.8 Å². The van der Waals surface area contributed by atoms with Crippen molar-refractivity contribution in [3.05, 3.63) is 48.3 Å². The molecule has 0 spiro atoms. The highest BCUT2D eigenvalue weighted by molar-refractivity contribution is 5.72. The van der Waals surface area contributed by atoms with Gasteiger partial charge in [0.25, 0.3) is 0 Å². The maximum absolute atomic E-state index is 6.05. The standard InChI is InChI=1S/C15H19N3O/c1-2-19-14-8-5-7-13(15(14)16)18-11-9-12-6-3-4-10-17-12/h3-8,10,18H,2,9,11,16H2,1H3. The summed E-state index contributed by atoms with van der Waals surface area (Å²) in [4.78, 5) is 4.28. The average Bonchev–Trinajstić information content (AvgIpc) is 2.44. The predicted molar refractivity (Wildman–Crippen MR) is 78.5 cm³/mol. The Labute approximate surface area is 113 Å². The number of nitrogens with one attached hydrogen (secondary N) is 1. The van der Waals surface area contributed by atoms with Crippen molar-refractivity contribution >= 4 is 11.4 Å². The molecule has 1 aromatic carbocycles. The van der Waals surface area contributed by atoms with Crippen LogP contribution in [0.5, 0.6) is 5.75 Å². The fourth-order valence-corrected chi connectivity index (χ4v) is 1.85. The number of hydrogen-bond acceptors (Lipinski definition) is 4. The Kier molecular flexibility index (Phi) is 4.61. The molecule has 1 aromatic heterocycles. The summed E-state index contributed by atoms with van der Waals surface area (Å²) in [5.74, 6) is 0.727. The van der Waals surface area contributed by atoms with E-state index in [9.17, 15) is 0 Å². The summed E-state index contributed by atoms with van der Waals surface area (Å²) in [6, 6.07) is 11.7. The van der Waals surface area contributed by atoms with Crippen molar-refractivity contribution < 1.29 is 4.74 Å². The number of rotatable bonds is 6. The highest BCUT2D eigenvalue weighted by Crippen LogP contribution is 2.29. The molecule has 0 radical (unpaired) electrons. The molecule has 0 aliphatic rings. The van der Waals surface area contributed by atoms with Crippen LogP contribution in [0.1, 0.15) is 12.6 Å². The smallest absolute Gasteiger partial charge is 0.144 e. The van der Waals surface area contributed by atoms with Crippen LogP contribution < -0.4 is 15.8 Å². The van der Waals surface area contributed by atoms with Crippen molar-refractivity contribution in [3.63, 3.8) is 0 Å². The van der Waals surface area contributed by atoms with E-state index in [2.05, 4.69) is 10.3 Å². The maximum Gasteiger partial charge on any atom is 0.144 e. The van der Waals surface area contributed by atoms with Gasteiger partial charge in [0.2, 0.25) is 0 Å². The summed E-state index contributed by atoms with van der Waals surface area (Å²) in [6.45, 7) is 3.35. The largest absolute Gasteiger partial charge is 0.492 e. The molecule has 4 nitrogen and oxygen atoms in total. The lowest BCUT2D eigenvalue weighted by Crippen LogP contribution is -2.08. The second kappa shape index (κ2) is 6.64. The fourth-order valence-electron chi connectivity index (χ4n) is 1.85. The number of hydrogen-bond donors (Lipinski definition) is 2. The maximum atomic E-state index is 6.05. The number of aromatic nitrogens is 1. The zero-order valence-electron chi connectivity index (χ0n) is 11.1. The number of pyridine rings is 1. The van der Waals surface area contributed by atoms with E-state index in [1.807, 2.05) is 43.3 Å². The second-order valence-corrected chi connectivity index (χ2v) is 4.15. The molecule has 0 unspecified atom stereocenters. The highest BCUT2D eigenvalue weighted by atomic mass is 16.5. The molecule has 0 atom stereocenters. The highest BCUT2D eigenvalue weighted by Gasteiger charge is 2.04. The van der Waals surface area contributed by atoms with Crippen LogP contribution in [0.3, 0.4) is 0 Å². The van der Waals surface area contributed by atoms with Crippen molar-refractivity contribution in [3.8, 4) is 5.75 Å². The molecule has 2 rings (SSSR count). The topological polar surface area (TPSA) is 60.2 Å². The summed E-state index contributed by atoms with van der Waals surface area (Å²) in [5.41, 5.74) is 8.67. The number of ether oxygens (including phenoxy) is 1. The Morgan fingerprint density at radius 3 is 2.84 bits per heavy atom. The van der Waals surface area contributed by atoms with Crippen molar-refractivity contribution in [2.75, 3.05) is 24.2 Å². The Morgan fingerprint density at radius 2 is 2.11 bits per heavy atom. The van der Waals surface area contributed by atoms with E-state index >= 15 is 0 Å². The minimum Gasteiger partial charge on any atom is -0.492 e. The van der Waals surface area contributed by atoms with Crippen LogP contribution in [0, 0.1) is 0 Å². The molecular weight excluding hydrogens is 238 g/mol. The second-order valence-electron chi connectivity index (χ2n) is 4.15. The first kappa shape index (κ1) is 13.2. The Morgan fingerprint density at radius 1 is 1.21 bits per heavy atom. The van der Waals surface area contributed by atoms with E-state index < -0.39 is 0 Å². The van der Waals surface area contributed by atoms with Crippen molar-refractivity contribution in [2.24, 2.45) is 0 Å². The van der Waals surface area contributed by atoms with E-state index in [1.54, 1.807) is 6.20 Å². The molecule has 0 aliphatic carbocycles. The van der Waals surface area contributed by atoms with Crippen molar-refractivity contribution in [1.29, 1.82) is 0 Å². The van der Waals surface area contributed by atoms with Crippen molar-refractivity contribution in [1.82, 2.24) is 4.98 Å². The van der Waals surface area contributed by atoms with Crippen LogP contribution in [-0.2, 0) is 6.42 Å². The van der Waals surface area contributed by atoms with Gasteiger partial charge in [-0.2, -0.15) is 0 Å². The van der Waals surface area contributed by atoms with Gasteiger partial charge in [0.1, 0.15) is 5.75 Å². The van der Waals surface area contributed by atoms with Crippen LogP contribution in [-0.4, -0.2) is 18.1 Å². The van der Waals surface area contributed by atoms with Gasteiger partial charge in [-0.25, -0.2) is 0 Å². The quantitative estimate of drug-likeness (QED) is 0.781. The fraction of sp³-hybridized carbons (Fsp3) is 0.267. The summed E-state index contributed by atoms with van der Waals surface area (Å²) in [7, 11) is 0. The molecule has 4 heteroatoms. The SMILES string of the molecule is CCOc1cccc(NCCc2ccccn2)c1N. The Hall–Kier alpha value is -2.23. The van der Waals surface area contributed by atoms with Crippen LogP contribution in [0.15, 0.2) is 42.6 Å². The number of anilines is 2. The lowest BCUT2D eigenvalue weighted by atomic mass is 10.2. The first-order valence-electron chi connectivity index (χ1n) is 6.46. The molecule has 100 valence electrons. The number of benzene rings is 1. The van der Waals surface area contributed by atoms with Gasteiger partial charge >= 0.3 is 0 Å². The van der Waals surface area contributed by atoms with E-state index in [1.165, 1.54) is 0 Å². The third-order valence-corrected chi connectivity index (χ3v) is 2.79. The predicted octanol–water partition coefficient (Wildman–Crippen LogP) is 2.72. The molecule has 2 aromatic rings. The van der Waals surface area contributed by atoms with Crippen LogP contribution in [0.4, 0.5) is 11.4 Å². The Bertz CT molecular complexity index is 514. The van der Waals surface area contributed by atoms with Gasteiger partial charge in [-0.3, -0.25) is 4.98 Å². The lowest BCUT2D eigenvalue weighted by molar-refractivity contribution is 0.342. The minimum absolute atomic E-state index is 0.613. The van der Waals surface area contributed by atoms with Gasteiger partial charge in [0.05, 0.1) is 18.0 Å². The zero-order valence-corrected chi connectivity index (χ0v) is 11.1. The van der Waals surface area contributed by atoms with E-state index in [0.717, 1.165) is 30.1 Å². The third kappa shape index (κ3) is 3.61. The molecule has 0 fully saturated rings. The van der Waals surface area contributed by atoms with Gasteiger partial charge in [0, 0.05) is 24.9 Å². The zero-order chi connectivity index (χ0) is 13.5.